The number of aliphatic carboxylic acids is 1. The Labute approximate surface area is 212 Å². The Morgan fingerprint density at radius 3 is 1.97 bits per heavy atom. The number of aliphatic imine (C=N–C) groups is 1. The molecule has 10 N–H and O–H groups in total. The van der Waals surface area contributed by atoms with Gasteiger partial charge in [-0.05, 0) is 43.1 Å². The largest absolute Gasteiger partial charge is 0.480 e. The van der Waals surface area contributed by atoms with Gasteiger partial charge in [-0.1, -0.05) is 34.1 Å². The van der Waals surface area contributed by atoms with Crippen LogP contribution in [0, 0.1) is 11.8 Å². The Balaban J connectivity index is 5.60. The first kappa shape index (κ1) is 32.5. The number of rotatable bonds is 17. The van der Waals surface area contributed by atoms with Crippen molar-refractivity contribution in [3.63, 3.8) is 0 Å². The third-order valence-electron chi connectivity index (χ3n) is 5.61. The number of hydrogen-bond donors (Lipinski definition) is 7. The Morgan fingerprint density at radius 1 is 0.943 bits per heavy atom. The predicted molar refractivity (Wildman–Crippen MR) is 139 cm³/mol. The van der Waals surface area contributed by atoms with Crippen LogP contribution in [0.4, 0.5) is 0 Å². The summed E-state index contributed by atoms with van der Waals surface area (Å²) < 4.78 is 0. The molecule has 0 aromatic heterocycles. The maximum absolute atomic E-state index is 13.1. The molecule has 0 saturated carbocycles. The quantitative estimate of drug-likeness (QED) is 0.0740. The number of nitrogens with zero attached hydrogens (tertiary/aromatic N) is 1. The van der Waals surface area contributed by atoms with E-state index in [9.17, 15) is 24.3 Å². The second-order valence-electron chi connectivity index (χ2n) is 8.83. The Kier molecular flexibility index (Phi) is 15.7. The average Bonchev–Trinajstić information content (AvgIpc) is 2.79. The first-order chi connectivity index (χ1) is 16.3. The molecule has 0 aromatic rings. The van der Waals surface area contributed by atoms with E-state index in [0.717, 1.165) is 0 Å². The molecule has 0 spiro atoms. The van der Waals surface area contributed by atoms with Crippen molar-refractivity contribution in [2.75, 3.05) is 18.6 Å². The monoisotopic (exact) mass is 517 g/mol. The first-order valence-electron chi connectivity index (χ1n) is 11.8. The molecule has 5 atom stereocenters. The van der Waals surface area contributed by atoms with E-state index in [1.807, 2.05) is 20.1 Å². The van der Waals surface area contributed by atoms with Crippen molar-refractivity contribution in [1.29, 1.82) is 0 Å². The summed E-state index contributed by atoms with van der Waals surface area (Å²) in [5, 5.41) is 17.3. The average molecular weight is 518 g/mol. The smallest absolute Gasteiger partial charge is 0.326 e. The van der Waals surface area contributed by atoms with Gasteiger partial charge in [-0.15, -0.1) is 0 Å². The summed E-state index contributed by atoms with van der Waals surface area (Å²) in [6.45, 7) is 7.36. The fraction of sp³-hybridized carbons (Fsp3) is 0.773. The number of nitrogens with one attached hydrogen (secondary N) is 3. The molecular weight excluding hydrogens is 474 g/mol. The highest BCUT2D eigenvalue weighted by Gasteiger charge is 2.31. The van der Waals surface area contributed by atoms with Crippen LogP contribution < -0.4 is 33.2 Å². The molecule has 0 fully saturated rings. The molecule has 13 heteroatoms. The van der Waals surface area contributed by atoms with Gasteiger partial charge in [0.1, 0.15) is 18.1 Å². The van der Waals surface area contributed by atoms with Crippen LogP contribution in [0.5, 0.6) is 0 Å². The number of carbonyl (C=O) groups excluding carboxylic acids is 3. The summed E-state index contributed by atoms with van der Waals surface area (Å²) in [6, 6.07) is -3.85. The van der Waals surface area contributed by atoms with Crippen LogP contribution in [0.2, 0.25) is 0 Å². The summed E-state index contributed by atoms with van der Waals surface area (Å²) in [5.41, 5.74) is 16.7. The summed E-state index contributed by atoms with van der Waals surface area (Å²) >= 11 is 1.48. The molecule has 0 aliphatic rings. The van der Waals surface area contributed by atoms with Crippen LogP contribution in [0.25, 0.3) is 0 Å². The van der Waals surface area contributed by atoms with E-state index < -0.39 is 47.9 Å². The van der Waals surface area contributed by atoms with Gasteiger partial charge in [-0.3, -0.25) is 19.4 Å². The van der Waals surface area contributed by atoms with Crippen molar-refractivity contribution in [1.82, 2.24) is 16.0 Å². The molecule has 12 nitrogen and oxygen atoms in total. The topological polar surface area (TPSA) is 215 Å². The van der Waals surface area contributed by atoms with E-state index in [0.29, 0.717) is 18.6 Å². The molecule has 202 valence electrons. The van der Waals surface area contributed by atoms with Crippen molar-refractivity contribution in [2.45, 2.75) is 77.5 Å². The highest BCUT2D eigenvalue weighted by Crippen LogP contribution is 2.09. The highest BCUT2D eigenvalue weighted by atomic mass is 32.2. The minimum atomic E-state index is -1.16. The molecule has 0 saturated heterocycles. The first-order valence-corrected chi connectivity index (χ1v) is 13.2. The third-order valence-corrected chi connectivity index (χ3v) is 6.26. The second kappa shape index (κ2) is 17.0. The number of amides is 3. The van der Waals surface area contributed by atoms with Gasteiger partial charge in [0.2, 0.25) is 17.7 Å². The zero-order valence-electron chi connectivity index (χ0n) is 21.4. The molecular formula is C22H43N7O5S. The van der Waals surface area contributed by atoms with Crippen molar-refractivity contribution < 1.29 is 24.3 Å². The van der Waals surface area contributed by atoms with Crippen molar-refractivity contribution >= 4 is 41.4 Å². The molecule has 0 radical (unpaired) electrons. The lowest BCUT2D eigenvalue weighted by Crippen LogP contribution is -2.58. The van der Waals surface area contributed by atoms with Crippen LogP contribution in [0.3, 0.4) is 0 Å². The van der Waals surface area contributed by atoms with Gasteiger partial charge in [0, 0.05) is 6.54 Å². The van der Waals surface area contributed by atoms with Crippen LogP contribution in [0.15, 0.2) is 4.99 Å². The Morgan fingerprint density at radius 2 is 1.49 bits per heavy atom. The normalized spacial score (nSPS) is 15.3. The van der Waals surface area contributed by atoms with Crippen molar-refractivity contribution in [3.8, 4) is 0 Å². The van der Waals surface area contributed by atoms with E-state index >= 15 is 0 Å². The number of nitrogens with two attached hydrogens (primary N) is 3. The lowest BCUT2D eigenvalue weighted by molar-refractivity contribution is -0.143. The fourth-order valence-corrected chi connectivity index (χ4v) is 3.57. The number of guanidine groups is 1. The number of thioether (sulfide) groups is 1. The van der Waals surface area contributed by atoms with E-state index in [4.69, 9.17) is 17.2 Å². The van der Waals surface area contributed by atoms with Gasteiger partial charge < -0.3 is 38.3 Å². The molecule has 35 heavy (non-hydrogen) atoms. The zero-order valence-corrected chi connectivity index (χ0v) is 22.2. The lowest BCUT2D eigenvalue weighted by atomic mass is 9.98. The molecule has 3 amide bonds. The van der Waals surface area contributed by atoms with Gasteiger partial charge in [-0.2, -0.15) is 11.8 Å². The maximum atomic E-state index is 13.1. The van der Waals surface area contributed by atoms with E-state index in [2.05, 4.69) is 20.9 Å². The molecule has 0 bridgehead atoms. The van der Waals surface area contributed by atoms with Crippen LogP contribution in [-0.4, -0.2) is 77.5 Å². The van der Waals surface area contributed by atoms with Gasteiger partial charge in [0.05, 0.1) is 6.04 Å². The second-order valence-corrected chi connectivity index (χ2v) is 9.82. The van der Waals surface area contributed by atoms with E-state index in [1.54, 1.807) is 13.8 Å². The van der Waals surface area contributed by atoms with E-state index in [1.165, 1.54) is 11.8 Å². The standard InChI is InChI=1S/C22H43N7O5S/c1-6-13(4)16(23)20(32)28-14(8-7-10-26-22(24)25)18(30)27-15(9-11-35-5)19(31)29-17(12(2)3)21(33)34/h12-17H,6-11,23H2,1-5H3,(H,27,30)(H,28,32)(H,29,31)(H,33,34)(H4,24,25,26). The lowest BCUT2D eigenvalue weighted by Gasteiger charge is -2.26. The number of carbonyl (C=O) groups is 4. The predicted octanol–water partition coefficient (Wildman–Crippen LogP) is -0.638. The summed E-state index contributed by atoms with van der Waals surface area (Å²) in [4.78, 5) is 54.1. The number of carboxylic acids is 1. The number of carboxylic acid groups (broad SMARTS) is 1. The minimum absolute atomic E-state index is 0.0826. The van der Waals surface area contributed by atoms with Gasteiger partial charge in [0.15, 0.2) is 5.96 Å². The van der Waals surface area contributed by atoms with Crippen molar-refractivity contribution in [2.24, 2.45) is 34.0 Å². The van der Waals surface area contributed by atoms with Gasteiger partial charge in [-0.25, -0.2) is 4.79 Å². The fourth-order valence-electron chi connectivity index (χ4n) is 3.10. The zero-order chi connectivity index (χ0) is 27.1. The summed E-state index contributed by atoms with van der Waals surface area (Å²) in [7, 11) is 0. The Bertz CT molecular complexity index is 731. The summed E-state index contributed by atoms with van der Waals surface area (Å²) in [6.07, 6.45) is 3.43. The number of hydrogen-bond acceptors (Lipinski definition) is 7. The molecule has 0 aliphatic carbocycles. The van der Waals surface area contributed by atoms with Gasteiger partial charge >= 0.3 is 5.97 Å². The molecule has 0 heterocycles. The molecule has 0 rings (SSSR count). The maximum Gasteiger partial charge on any atom is 0.326 e. The van der Waals surface area contributed by atoms with Crippen molar-refractivity contribution in [3.05, 3.63) is 0 Å². The van der Waals surface area contributed by atoms with Crippen LogP contribution in [0.1, 0.15) is 53.4 Å². The molecule has 5 unspecified atom stereocenters. The van der Waals surface area contributed by atoms with E-state index in [-0.39, 0.29) is 37.2 Å². The van der Waals surface area contributed by atoms with Crippen LogP contribution >= 0.6 is 11.8 Å². The SMILES string of the molecule is CCC(C)C(N)C(=O)NC(CCCN=C(N)N)C(=O)NC(CCSC)C(=O)NC(C(=O)O)C(C)C. The highest BCUT2D eigenvalue weighted by molar-refractivity contribution is 7.98. The Hall–Kier alpha value is -2.54. The molecule has 0 aliphatic heterocycles. The third kappa shape index (κ3) is 12.6. The molecule has 0 aromatic carbocycles. The summed E-state index contributed by atoms with van der Waals surface area (Å²) in [5.74, 6) is -2.78. The van der Waals surface area contributed by atoms with Crippen LogP contribution in [-0.2, 0) is 19.2 Å². The van der Waals surface area contributed by atoms with Gasteiger partial charge in [0.25, 0.3) is 0 Å². The minimum Gasteiger partial charge on any atom is -0.480 e.